The highest BCUT2D eigenvalue weighted by Gasteiger charge is 2.40. The molecule has 0 aromatic rings. The highest BCUT2D eigenvalue weighted by molar-refractivity contribution is 5.68. The van der Waals surface area contributed by atoms with Gasteiger partial charge < -0.3 is 5.11 Å². The van der Waals surface area contributed by atoms with E-state index in [4.69, 9.17) is 5.11 Å². The van der Waals surface area contributed by atoms with Gasteiger partial charge in [-0.05, 0) is 18.3 Å². The molecule has 0 saturated heterocycles. The average Bonchev–Trinajstić information content (AvgIpc) is 2.51. The number of nitrogens with zero attached hydrogens (tertiary/aromatic N) is 1. The monoisotopic (exact) mass is 195 g/mol. The Balaban J connectivity index is 1.88. The average molecular weight is 195 g/mol. The van der Waals surface area contributed by atoms with Gasteiger partial charge in [-0.1, -0.05) is 18.6 Å². The SMILES string of the molecule is O=C(O)CC1(CN2CC=CC2)CCC1. The number of rotatable bonds is 4. The summed E-state index contributed by atoms with van der Waals surface area (Å²) >= 11 is 0. The van der Waals surface area contributed by atoms with Crippen molar-refractivity contribution in [3.63, 3.8) is 0 Å². The molecule has 1 heterocycles. The summed E-state index contributed by atoms with van der Waals surface area (Å²) in [6.45, 7) is 2.97. The van der Waals surface area contributed by atoms with Crippen LogP contribution in [-0.2, 0) is 4.79 Å². The lowest BCUT2D eigenvalue weighted by Crippen LogP contribution is -2.42. The molecule has 0 bridgehead atoms. The first kappa shape index (κ1) is 9.71. The van der Waals surface area contributed by atoms with Crippen LogP contribution in [0.4, 0.5) is 0 Å². The molecule has 0 unspecified atom stereocenters. The van der Waals surface area contributed by atoms with Crippen LogP contribution < -0.4 is 0 Å². The maximum absolute atomic E-state index is 10.7. The molecule has 78 valence electrons. The van der Waals surface area contributed by atoms with E-state index in [1.54, 1.807) is 0 Å². The molecule has 0 radical (unpaired) electrons. The zero-order valence-electron chi connectivity index (χ0n) is 8.41. The lowest BCUT2D eigenvalue weighted by atomic mass is 9.66. The van der Waals surface area contributed by atoms with Crippen molar-refractivity contribution < 1.29 is 9.90 Å². The van der Waals surface area contributed by atoms with Crippen LogP contribution in [0.25, 0.3) is 0 Å². The zero-order valence-corrected chi connectivity index (χ0v) is 8.41. The van der Waals surface area contributed by atoms with Crippen molar-refractivity contribution in [1.82, 2.24) is 4.90 Å². The zero-order chi connectivity index (χ0) is 10.0. The van der Waals surface area contributed by atoms with Crippen molar-refractivity contribution in [2.45, 2.75) is 25.7 Å². The molecule has 0 atom stereocenters. The van der Waals surface area contributed by atoms with E-state index in [0.29, 0.717) is 6.42 Å². The fourth-order valence-corrected chi connectivity index (χ4v) is 2.51. The predicted octanol–water partition coefficient (Wildman–Crippen LogP) is 1.50. The molecule has 0 aromatic carbocycles. The predicted molar refractivity (Wildman–Crippen MR) is 54.1 cm³/mol. The molecule has 0 amide bonds. The van der Waals surface area contributed by atoms with Crippen LogP contribution in [0.1, 0.15) is 25.7 Å². The van der Waals surface area contributed by atoms with Gasteiger partial charge in [-0.2, -0.15) is 0 Å². The Morgan fingerprint density at radius 1 is 1.36 bits per heavy atom. The fraction of sp³-hybridized carbons (Fsp3) is 0.727. The van der Waals surface area contributed by atoms with E-state index >= 15 is 0 Å². The highest BCUT2D eigenvalue weighted by Crippen LogP contribution is 2.44. The van der Waals surface area contributed by atoms with E-state index in [0.717, 1.165) is 32.5 Å². The summed E-state index contributed by atoms with van der Waals surface area (Å²) in [7, 11) is 0. The summed E-state index contributed by atoms with van der Waals surface area (Å²) in [5.41, 5.74) is 0.0951. The first-order chi connectivity index (χ1) is 6.70. The molecular weight excluding hydrogens is 178 g/mol. The molecule has 1 N–H and O–H groups in total. The van der Waals surface area contributed by atoms with Crippen molar-refractivity contribution in [1.29, 1.82) is 0 Å². The van der Waals surface area contributed by atoms with Crippen molar-refractivity contribution in [3.05, 3.63) is 12.2 Å². The van der Waals surface area contributed by atoms with Gasteiger partial charge in [0.25, 0.3) is 0 Å². The second-order valence-corrected chi connectivity index (χ2v) is 4.59. The Labute approximate surface area is 84.4 Å². The molecule has 1 aliphatic heterocycles. The maximum Gasteiger partial charge on any atom is 0.303 e. The standard InChI is InChI=1S/C11H17NO2/c13-10(14)8-11(4-3-5-11)9-12-6-1-2-7-12/h1-2H,3-9H2,(H,13,14). The molecular formula is C11H17NO2. The van der Waals surface area contributed by atoms with Crippen molar-refractivity contribution in [2.24, 2.45) is 5.41 Å². The van der Waals surface area contributed by atoms with E-state index in [-0.39, 0.29) is 5.41 Å². The molecule has 2 rings (SSSR count). The van der Waals surface area contributed by atoms with Crippen molar-refractivity contribution in [2.75, 3.05) is 19.6 Å². The molecule has 2 aliphatic rings. The van der Waals surface area contributed by atoms with Crippen molar-refractivity contribution in [3.8, 4) is 0 Å². The summed E-state index contributed by atoms with van der Waals surface area (Å²) in [6.07, 6.45) is 8.06. The molecule has 14 heavy (non-hydrogen) atoms. The summed E-state index contributed by atoms with van der Waals surface area (Å²) in [5.74, 6) is -0.642. The molecule has 0 aromatic heterocycles. The van der Waals surface area contributed by atoms with Crippen LogP contribution in [0.2, 0.25) is 0 Å². The number of aliphatic carboxylic acids is 1. The Morgan fingerprint density at radius 2 is 2.00 bits per heavy atom. The quantitative estimate of drug-likeness (QED) is 0.691. The summed E-state index contributed by atoms with van der Waals surface area (Å²) in [6, 6.07) is 0. The van der Waals surface area contributed by atoms with Gasteiger partial charge in [0.05, 0.1) is 6.42 Å². The second kappa shape index (κ2) is 3.73. The van der Waals surface area contributed by atoms with Gasteiger partial charge in [-0.25, -0.2) is 0 Å². The van der Waals surface area contributed by atoms with Crippen LogP contribution in [0.3, 0.4) is 0 Å². The van der Waals surface area contributed by atoms with Gasteiger partial charge >= 0.3 is 5.97 Å². The van der Waals surface area contributed by atoms with Gasteiger partial charge in [0.1, 0.15) is 0 Å². The van der Waals surface area contributed by atoms with Crippen LogP contribution in [0.15, 0.2) is 12.2 Å². The van der Waals surface area contributed by atoms with E-state index in [1.807, 2.05) is 0 Å². The van der Waals surface area contributed by atoms with Crippen LogP contribution in [-0.4, -0.2) is 35.6 Å². The minimum atomic E-state index is -0.642. The van der Waals surface area contributed by atoms with Gasteiger partial charge in [0, 0.05) is 19.6 Å². The fourth-order valence-electron chi connectivity index (χ4n) is 2.51. The van der Waals surface area contributed by atoms with Crippen molar-refractivity contribution >= 4 is 5.97 Å². The molecule has 1 aliphatic carbocycles. The molecule has 1 saturated carbocycles. The van der Waals surface area contributed by atoms with Crippen LogP contribution in [0.5, 0.6) is 0 Å². The Morgan fingerprint density at radius 3 is 2.43 bits per heavy atom. The van der Waals surface area contributed by atoms with E-state index in [2.05, 4.69) is 17.1 Å². The maximum atomic E-state index is 10.7. The minimum absolute atomic E-state index is 0.0951. The third kappa shape index (κ3) is 1.98. The smallest absolute Gasteiger partial charge is 0.303 e. The van der Waals surface area contributed by atoms with E-state index < -0.39 is 5.97 Å². The van der Waals surface area contributed by atoms with Gasteiger partial charge in [0.15, 0.2) is 0 Å². The first-order valence-corrected chi connectivity index (χ1v) is 5.29. The minimum Gasteiger partial charge on any atom is -0.481 e. The molecule has 1 fully saturated rings. The van der Waals surface area contributed by atoms with E-state index in [1.165, 1.54) is 6.42 Å². The molecule has 3 nitrogen and oxygen atoms in total. The summed E-state index contributed by atoms with van der Waals surface area (Å²) < 4.78 is 0. The Bertz CT molecular complexity index is 248. The summed E-state index contributed by atoms with van der Waals surface area (Å²) in [5, 5.41) is 8.85. The second-order valence-electron chi connectivity index (χ2n) is 4.59. The Hall–Kier alpha value is -0.830. The van der Waals surface area contributed by atoms with Gasteiger partial charge in [-0.15, -0.1) is 0 Å². The van der Waals surface area contributed by atoms with Gasteiger partial charge in [-0.3, -0.25) is 9.69 Å². The number of carboxylic acids is 1. The molecule has 3 heteroatoms. The normalized spacial score (nSPS) is 24.9. The largest absolute Gasteiger partial charge is 0.481 e. The lowest BCUT2D eigenvalue weighted by molar-refractivity contribution is -0.141. The first-order valence-electron chi connectivity index (χ1n) is 5.29. The number of hydrogen-bond acceptors (Lipinski definition) is 2. The van der Waals surface area contributed by atoms with Crippen LogP contribution >= 0.6 is 0 Å². The topological polar surface area (TPSA) is 40.5 Å². The highest BCUT2D eigenvalue weighted by atomic mass is 16.4. The van der Waals surface area contributed by atoms with Crippen LogP contribution in [0, 0.1) is 5.41 Å². The number of carbonyl (C=O) groups is 1. The third-order valence-corrected chi connectivity index (χ3v) is 3.39. The Kier molecular flexibility index (Phi) is 2.59. The number of carboxylic acid groups (broad SMARTS) is 1. The molecule has 0 spiro atoms. The lowest BCUT2D eigenvalue weighted by Gasteiger charge is -2.43. The number of hydrogen-bond donors (Lipinski definition) is 1. The third-order valence-electron chi connectivity index (χ3n) is 3.39. The van der Waals surface area contributed by atoms with Gasteiger partial charge in [0.2, 0.25) is 0 Å². The summed E-state index contributed by atoms with van der Waals surface area (Å²) in [4.78, 5) is 13.1. The van der Waals surface area contributed by atoms with E-state index in [9.17, 15) is 4.79 Å².